The molecule has 2 aromatic rings. The number of hydrogen-bond acceptors (Lipinski definition) is 4. The van der Waals surface area contributed by atoms with Crippen molar-refractivity contribution < 1.29 is 24.2 Å². The molecule has 0 fully saturated rings. The van der Waals surface area contributed by atoms with Gasteiger partial charge >= 0.3 is 5.97 Å². The molecule has 142 valence electrons. The molecule has 0 aliphatic rings. The molecule has 2 aromatic carbocycles. The van der Waals surface area contributed by atoms with Crippen molar-refractivity contribution in [1.29, 1.82) is 0 Å². The number of carboxylic acid groups (broad SMARTS) is 1. The highest BCUT2D eigenvalue weighted by atomic mass is 16.5. The average Bonchev–Trinajstić information content (AvgIpc) is 2.69. The molecule has 2 amide bonds. The first-order valence-electron chi connectivity index (χ1n) is 8.59. The van der Waals surface area contributed by atoms with E-state index in [9.17, 15) is 14.4 Å². The number of carboxylic acids is 1. The Morgan fingerprint density at radius 1 is 0.963 bits per heavy atom. The lowest BCUT2D eigenvalue weighted by atomic mass is 10.1. The van der Waals surface area contributed by atoms with Crippen molar-refractivity contribution in [1.82, 2.24) is 10.6 Å². The molecule has 0 bridgehead atoms. The Morgan fingerprint density at radius 3 is 2.30 bits per heavy atom. The predicted molar refractivity (Wildman–Crippen MR) is 99.8 cm³/mol. The van der Waals surface area contributed by atoms with Gasteiger partial charge in [-0.1, -0.05) is 25.1 Å². The Hall–Kier alpha value is -3.35. The van der Waals surface area contributed by atoms with Crippen LogP contribution in [-0.4, -0.2) is 36.0 Å². The zero-order valence-electron chi connectivity index (χ0n) is 15.0. The SMILES string of the molecule is CCCNC(=O)c1cccc(C(=O)NCc2cccc(OCC(=O)O)c2)c1. The van der Waals surface area contributed by atoms with E-state index in [4.69, 9.17) is 9.84 Å². The Kier molecular flexibility index (Phi) is 7.37. The Balaban J connectivity index is 1.96. The van der Waals surface area contributed by atoms with Crippen LogP contribution in [0.1, 0.15) is 39.6 Å². The van der Waals surface area contributed by atoms with Crippen LogP contribution < -0.4 is 15.4 Å². The number of hydrogen-bond donors (Lipinski definition) is 3. The molecule has 0 aromatic heterocycles. The van der Waals surface area contributed by atoms with Crippen molar-refractivity contribution in [2.24, 2.45) is 0 Å². The first-order valence-corrected chi connectivity index (χ1v) is 8.59. The maximum Gasteiger partial charge on any atom is 0.341 e. The fraction of sp³-hybridized carbons (Fsp3) is 0.250. The Morgan fingerprint density at radius 2 is 1.63 bits per heavy atom. The molecule has 0 radical (unpaired) electrons. The van der Waals surface area contributed by atoms with E-state index in [0.717, 1.165) is 12.0 Å². The van der Waals surface area contributed by atoms with E-state index in [1.165, 1.54) is 0 Å². The molecule has 0 saturated carbocycles. The van der Waals surface area contributed by atoms with Crippen LogP contribution in [0, 0.1) is 0 Å². The fourth-order valence-corrected chi connectivity index (χ4v) is 2.32. The Bertz CT molecular complexity index is 820. The van der Waals surface area contributed by atoms with Crippen molar-refractivity contribution in [2.75, 3.05) is 13.2 Å². The number of aliphatic carboxylic acids is 1. The van der Waals surface area contributed by atoms with Gasteiger partial charge in [0.15, 0.2) is 6.61 Å². The number of amides is 2. The second-order valence-corrected chi connectivity index (χ2v) is 5.85. The van der Waals surface area contributed by atoms with Gasteiger partial charge in [0.1, 0.15) is 5.75 Å². The molecular formula is C20H22N2O5. The fourth-order valence-electron chi connectivity index (χ4n) is 2.32. The molecule has 0 unspecified atom stereocenters. The van der Waals surface area contributed by atoms with Crippen LogP contribution in [-0.2, 0) is 11.3 Å². The summed E-state index contributed by atoms with van der Waals surface area (Å²) in [5.41, 5.74) is 1.58. The minimum atomic E-state index is -1.06. The number of carbonyl (C=O) groups is 3. The summed E-state index contributed by atoms with van der Waals surface area (Å²) in [4.78, 5) is 34.9. The molecule has 0 heterocycles. The van der Waals surface area contributed by atoms with Crippen LogP contribution in [0.5, 0.6) is 5.75 Å². The quantitative estimate of drug-likeness (QED) is 0.628. The van der Waals surface area contributed by atoms with Crippen LogP contribution in [0.2, 0.25) is 0 Å². The van der Waals surface area contributed by atoms with Gasteiger partial charge in [-0.05, 0) is 42.3 Å². The molecule has 7 nitrogen and oxygen atoms in total. The van der Waals surface area contributed by atoms with Gasteiger partial charge in [0, 0.05) is 24.2 Å². The molecular weight excluding hydrogens is 348 g/mol. The summed E-state index contributed by atoms with van der Waals surface area (Å²) >= 11 is 0. The van der Waals surface area contributed by atoms with Crippen molar-refractivity contribution in [3.8, 4) is 5.75 Å². The summed E-state index contributed by atoms with van der Waals surface area (Å²) < 4.78 is 5.12. The van der Waals surface area contributed by atoms with Crippen molar-refractivity contribution in [3.05, 3.63) is 65.2 Å². The second kappa shape index (κ2) is 9.96. The maximum atomic E-state index is 12.4. The number of nitrogens with one attached hydrogen (secondary N) is 2. The average molecular weight is 370 g/mol. The topological polar surface area (TPSA) is 105 Å². The van der Waals surface area contributed by atoms with E-state index >= 15 is 0 Å². The third-order valence-electron chi connectivity index (χ3n) is 3.64. The molecule has 0 spiro atoms. The van der Waals surface area contributed by atoms with Gasteiger partial charge in [0.25, 0.3) is 11.8 Å². The normalized spacial score (nSPS) is 10.1. The summed E-state index contributed by atoms with van der Waals surface area (Å²) in [6, 6.07) is 13.3. The zero-order valence-corrected chi connectivity index (χ0v) is 15.0. The highest BCUT2D eigenvalue weighted by molar-refractivity contribution is 5.99. The minimum Gasteiger partial charge on any atom is -0.482 e. The number of rotatable bonds is 9. The highest BCUT2D eigenvalue weighted by Crippen LogP contribution is 2.13. The molecule has 7 heteroatoms. The van der Waals surface area contributed by atoms with Crippen molar-refractivity contribution >= 4 is 17.8 Å². The van der Waals surface area contributed by atoms with Gasteiger partial charge in [0.05, 0.1) is 0 Å². The molecule has 3 N–H and O–H groups in total. The lowest BCUT2D eigenvalue weighted by molar-refractivity contribution is -0.139. The van der Waals surface area contributed by atoms with Crippen LogP contribution in [0.4, 0.5) is 0 Å². The molecule has 0 aliphatic carbocycles. The van der Waals surface area contributed by atoms with E-state index in [-0.39, 0.29) is 18.4 Å². The molecule has 0 atom stereocenters. The molecule has 2 rings (SSSR count). The van der Waals surface area contributed by atoms with Gasteiger partial charge in [-0.3, -0.25) is 9.59 Å². The summed E-state index contributed by atoms with van der Waals surface area (Å²) in [5, 5.41) is 14.2. The summed E-state index contributed by atoms with van der Waals surface area (Å²) in [7, 11) is 0. The van der Waals surface area contributed by atoms with E-state index in [1.54, 1.807) is 48.5 Å². The van der Waals surface area contributed by atoms with Crippen molar-refractivity contribution in [2.45, 2.75) is 19.9 Å². The Labute approximate surface area is 157 Å². The van der Waals surface area contributed by atoms with Gasteiger partial charge in [-0.15, -0.1) is 0 Å². The second-order valence-electron chi connectivity index (χ2n) is 5.85. The van der Waals surface area contributed by atoms with Crippen molar-refractivity contribution in [3.63, 3.8) is 0 Å². The predicted octanol–water partition coefficient (Wildman–Crippen LogP) is 2.22. The van der Waals surface area contributed by atoms with E-state index in [0.29, 0.717) is 23.4 Å². The third-order valence-corrected chi connectivity index (χ3v) is 3.64. The first kappa shape index (κ1) is 20.0. The minimum absolute atomic E-state index is 0.213. The van der Waals surface area contributed by atoms with E-state index in [2.05, 4.69) is 10.6 Å². The lowest BCUT2D eigenvalue weighted by Gasteiger charge is -2.09. The standard InChI is InChI=1S/C20H22N2O5/c1-2-9-21-19(25)15-6-4-7-16(11-15)20(26)22-12-14-5-3-8-17(10-14)27-13-18(23)24/h3-8,10-11H,2,9,12-13H2,1H3,(H,21,25)(H,22,26)(H,23,24). The summed E-state index contributed by atoms with van der Waals surface area (Å²) in [5.74, 6) is -1.16. The monoisotopic (exact) mass is 370 g/mol. The zero-order chi connectivity index (χ0) is 19.6. The largest absolute Gasteiger partial charge is 0.482 e. The molecule has 0 aliphatic heterocycles. The molecule has 0 saturated heterocycles. The smallest absolute Gasteiger partial charge is 0.341 e. The lowest BCUT2D eigenvalue weighted by Crippen LogP contribution is -2.26. The number of ether oxygens (including phenoxy) is 1. The van der Waals surface area contributed by atoms with Gasteiger partial charge in [0.2, 0.25) is 0 Å². The van der Waals surface area contributed by atoms with E-state index in [1.807, 2.05) is 6.92 Å². The highest BCUT2D eigenvalue weighted by Gasteiger charge is 2.10. The molecule has 27 heavy (non-hydrogen) atoms. The van der Waals surface area contributed by atoms with Crippen LogP contribution >= 0.6 is 0 Å². The van der Waals surface area contributed by atoms with Gasteiger partial charge < -0.3 is 20.5 Å². The van der Waals surface area contributed by atoms with Crippen LogP contribution in [0.15, 0.2) is 48.5 Å². The maximum absolute atomic E-state index is 12.4. The summed E-state index contributed by atoms with van der Waals surface area (Å²) in [6.07, 6.45) is 0.834. The number of carbonyl (C=O) groups excluding carboxylic acids is 2. The van der Waals surface area contributed by atoms with Gasteiger partial charge in [-0.25, -0.2) is 4.79 Å². The summed E-state index contributed by atoms with van der Waals surface area (Å²) in [6.45, 7) is 2.36. The number of benzene rings is 2. The van der Waals surface area contributed by atoms with E-state index < -0.39 is 12.6 Å². The van der Waals surface area contributed by atoms with Crippen LogP contribution in [0.3, 0.4) is 0 Å². The van der Waals surface area contributed by atoms with Crippen LogP contribution in [0.25, 0.3) is 0 Å². The third kappa shape index (κ3) is 6.47. The first-order chi connectivity index (χ1) is 13.0. The van der Waals surface area contributed by atoms with Gasteiger partial charge in [-0.2, -0.15) is 0 Å².